The Balaban J connectivity index is 2.67. The summed E-state index contributed by atoms with van der Waals surface area (Å²) in [5.74, 6) is 0.246. The predicted molar refractivity (Wildman–Crippen MR) is 71.6 cm³/mol. The molecule has 0 spiro atoms. The molecule has 0 radical (unpaired) electrons. The predicted octanol–water partition coefficient (Wildman–Crippen LogP) is 2.46. The molecule has 0 N–H and O–H groups in total. The van der Waals surface area contributed by atoms with Gasteiger partial charge in [0.1, 0.15) is 4.90 Å². The summed E-state index contributed by atoms with van der Waals surface area (Å²) in [6, 6.07) is 3.00. The molecule has 0 saturated carbocycles. The Morgan fingerprint density at radius 3 is 2.37 bits per heavy atom. The van der Waals surface area contributed by atoms with Crippen molar-refractivity contribution in [3.05, 3.63) is 28.1 Å². The summed E-state index contributed by atoms with van der Waals surface area (Å²) in [5.41, 5.74) is 0.261. The summed E-state index contributed by atoms with van der Waals surface area (Å²) in [6.07, 6.45) is 0.356. The molecule has 0 aliphatic carbocycles. The van der Waals surface area contributed by atoms with Gasteiger partial charge < -0.3 is 0 Å². The van der Waals surface area contributed by atoms with Gasteiger partial charge in [-0.15, -0.1) is 10.2 Å². The van der Waals surface area contributed by atoms with Gasteiger partial charge in [-0.05, 0) is 18.6 Å². The van der Waals surface area contributed by atoms with Gasteiger partial charge in [-0.3, -0.25) is 0 Å². The van der Waals surface area contributed by atoms with Crippen LogP contribution in [0.15, 0.2) is 17.0 Å². The van der Waals surface area contributed by atoms with Crippen LogP contribution in [-0.4, -0.2) is 28.4 Å². The van der Waals surface area contributed by atoms with Crippen LogP contribution >= 0.6 is 33.9 Å². The molecule has 2 heterocycles. The number of nitrogens with zero attached hydrogens (tertiary/aromatic N) is 4. The van der Waals surface area contributed by atoms with E-state index in [0.29, 0.717) is 6.42 Å². The maximum absolute atomic E-state index is 11.5. The van der Waals surface area contributed by atoms with Gasteiger partial charge in [-0.2, -0.15) is 5.10 Å². The van der Waals surface area contributed by atoms with Crippen LogP contribution < -0.4 is 0 Å². The lowest BCUT2D eigenvalue weighted by Crippen LogP contribution is -2.01. The maximum atomic E-state index is 11.5. The van der Waals surface area contributed by atoms with Crippen LogP contribution in [0.4, 0.5) is 0 Å². The molecule has 0 aromatic carbocycles. The van der Waals surface area contributed by atoms with Crippen LogP contribution in [0.1, 0.15) is 12.6 Å². The van der Waals surface area contributed by atoms with Gasteiger partial charge in [0, 0.05) is 10.7 Å². The first-order valence-corrected chi connectivity index (χ1v) is 8.12. The van der Waals surface area contributed by atoms with Crippen LogP contribution in [0.2, 0.25) is 10.3 Å². The molecule has 19 heavy (non-hydrogen) atoms. The summed E-state index contributed by atoms with van der Waals surface area (Å²) in [7, 11) is 1.36. The Morgan fingerprint density at radius 1 is 1.26 bits per heavy atom. The van der Waals surface area contributed by atoms with E-state index >= 15 is 0 Å². The van der Waals surface area contributed by atoms with Gasteiger partial charge in [0.15, 0.2) is 16.1 Å². The molecule has 0 amide bonds. The van der Waals surface area contributed by atoms with Gasteiger partial charge in [-0.1, -0.05) is 30.1 Å². The number of rotatable bonds is 3. The van der Waals surface area contributed by atoms with E-state index < -0.39 is 9.05 Å². The van der Waals surface area contributed by atoms with Crippen LogP contribution in [0, 0.1) is 0 Å². The number of halogens is 3. The van der Waals surface area contributed by atoms with Crippen LogP contribution in [0.5, 0.6) is 0 Å². The van der Waals surface area contributed by atoms with Gasteiger partial charge in [0.2, 0.25) is 0 Å². The summed E-state index contributed by atoms with van der Waals surface area (Å²) < 4.78 is 24.2. The minimum Gasteiger partial charge on any atom is -0.207 e. The topological polar surface area (TPSA) is 77.7 Å². The highest BCUT2D eigenvalue weighted by Crippen LogP contribution is 2.30. The first-order chi connectivity index (χ1) is 8.84. The molecule has 0 aliphatic heterocycles. The molecule has 6 nitrogen and oxygen atoms in total. The van der Waals surface area contributed by atoms with Crippen molar-refractivity contribution in [3.8, 4) is 5.82 Å². The van der Waals surface area contributed by atoms with Gasteiger partial charge >= 0.3 is 0 Å². The molecular weight excluding hydrogens is 335 g/mol. The highest BCUT2D eigenvalue weighted by Gasteiger charge is 2.26. The SMILES string of the molecule is CCc1nn(-c2ccc(Cl)nn2)c(Cl)c1S(=O)(=O)Cl. The normalized spacial score (nSPS) is 11.8. The first kappa shape index (κ1) is 14.5. The minimum atomic E-state index is -3.99. The van der Waals surface area contributed by atoms with Crippen molar-refractivity contribution in [3.63, 3.8) is 0 Å². The van der Waals surface area contributed by atoms with Gasteiger partial charge in [0.25, 0.3) is 9.05 Å². The van der Waals surface area contributed by atoms with Crippen LogP contribution in [0.25, 0.3) is 5.82 Å². The van der Waals surface area contributed by atoms with E-state index in [-0.39, 0.29) is 26.7 Å². The average Bonchev–Trinajstić information content (AvgIpc) is 2.67. The monoisotopic (exact) mass is 340 g/mol. The van der Waals surface area contributed by atoms with E-state index in [2.05, 4.69) is 15.3 Å². The van der Waals surface area contributed by atoms with Crippen molar-refractivity contribution in [2.75, 3.05) is 0 Å². The lowest BCUT2D eigenvalue weighted by Gasteiger charge is -2.00. The fraction of sp³-hybridized carbons (Fsp3) is 0.222. The molecular formula is C9H7Cl3N4O2S. The second-order valence-electron chi connectivity index (χ2n) is 3.48. The third-order valence-electron chi connectivity index (χ3n) is 2.27. The molecule has 2 aromatic heterocycles. The fourth-order valence-electron chi connectivity index (χ4n) is 1.47. The number of aryl methyl sites for hydroxylation is 1. The zero-order chi connectivity index (χ0) is 14.2. The van der Waals surface area contributed by atoms with Crippen molar-refractivity contribution >= 4 is 42.9 Å². The Labute approximate surface area is 123 Å². The Morgan fingerprint density at radius 2 is 1.95 bits per heavy atom. The molecule has 0 saturated heterocycles. The Kier molecular flexibility index (Phi) is 4.00. The van der Waals surface area contributed by atoms with E-state index in [4.69, 9.17) is 33.9 Å². The summed E-state index contributed by atoms with van der Waals surface area (Å²) in [6.45, 7) is 1.74. The largest absolute Gasteiger partial charge is 0.266 e. The molecule has 0 aliphatic rings. The zero-order valence-corrected chi connectivity index (χ0v) is 12.6. The quantitative estimate of drug-likeness (QED) is 0.801. The number of hydrogen-bond acceptors (Lipinski definition) is 5. The standard InChI is InChI=1S/C9H7Cl3N4O2S/c1-2-5-8(19(12,17)18)9(11)16(15-5)7-4-3-6(10)13-14-7/h3-4H,2H2,1H3. The summed E-state index contributed by atoms with van der Waals surface area (Å²) >= 11 is 11.6. The van der Waals surface area contributed by atoms with Crippen molar-refractivity contribution in [1.29, 1.82) is 0 Å². The van der Waals surface area contributed by atoms with E-state index in [1.807, 2.05) is 0 Å². The zero-order valence-electron chi connectivity index (χ0n) is 9.51. The molecule has 10 heteroatoms. The molecule has 0 fully saturated rings. The first-order valence-electron chi connectivity index (χ1n) is 5.06. The third kappa shape index (κ3) is 2.84. The average molecular weight is 342 g/mol. The molecule has 0 atom stereocenters. The Bertz CT molecular complexity index is 712. The van der Waals surface area contributed by atoms with Crippen molar-refractivity contribution < 1.29 is 8.42 Å². The second-order valence-corrected chi connectivity index (χ2v) is 6.73. The lowest BCUT2D eigenvalue weighted by atomic mass is 10.3. The van der Waals surface area contributed by atoms with E-state index in [1.54, 1.807) is 6.92 Å². The van der Waals surface area contributed by atoms with Crippen molar-refractivity contribution in [2.24, 2.45) is 0 Å². The molecule has 2 rings (SSSR count). The molecule has 0 unspecified atom stereocenters. The summed E-state index contributed by atoms with van der Waals surface area (Å²) in [5, 5.41) is 11.5. The van der Waals surface area contributed by atoms with Crippen molar-refractivity contribution in [1.82, 2.24) is 20.0 Å². The van der Waals surface area contributed by atoms with E-state index in [9.17, 15) is 8.42 Å². The number of hydrogen-bond donors (Lipinski definition) is 0. The fourth-order valence-corrected chi connectivity index (χ4v) is 3.47. The van der Waals surface area contributed by atoms with E-state index in [1.165, 1.54) is 12.1 Å². The molecule has 102 valence electrons. The Hall–Kier alpha value is -0.890. The molecule has 0 bridgehead atoms. The smallest absolute Gasteiger partial charge is 0.207 e. The highest BCUT2D eigenvalue weighted by molar-refractivity contribution is 8.13. The van der Waals surface area contributed by atoms with E-state index in [0.717, 1.165) is 4.68 Å². The third-order valence-corrected chi connectivity index (χ3v) is 4.31. The van der Waals surface area contributed by atoms with Crippen LogP contribution in [0.3, 0.4) is 0 Å². The maximum Gasteiger partial charge on any atom is 0.266 e. The molecule has 2 aromatic rings. The minimum absolute atomic E-state index is 0.136. The lowest BCUT2D eigenvalue weighted by molar-refractivity contribution is 0.608. The van der Waals surface area contributed by atoms with Gasteiger partial charge in [-0.25, -0.2) is 13.1 Å². The summed E-state index contributed by atoms with van der Waals surface area (Å²) in [4.78, 5) is -0.213. The highest BCUT2D eigenvalue weighted by atomic mass is 35.7. The number of aromatic nitrogens is 4. The van der Waals surface area contributed by atoms with Crippen LogP contribution in [-0.2, 0) is 15.5 Å². The van der Waals surface area contributed by atoms with Crippen molar-refractivity contribution in [2.45, 2.75) is 18.2 Å². The van der Waals surface area contributed by atoms with Gasteiger partial charge in [0.05, 0.1) is 5.69 Å². The second kappa shape index (κ2) is 5.24.